The number of rotatable bonds is 11. The molecule has 0 heterocycles. The van der Waals surface area contributed by atoms with Crippen molar-refractivity contribution in [2.45, 2.75) is 6.92 Å². The van der Waals surface area contributed by atoms with Crippen LogP contribution in [0.4, 0.5) is 0 Å². The SMILES string of the molecule is CCOC(=O)CNC(=O)CNC(=O)CNC(=O)CNC(=O)c1cccc(C2=C=CC=C2)c1. The van der Waals surface area contributed by atoms with Gasteiger partial charge in [-0.1, -0.05) is 18.2 Å². The van der Waals surface area contributed by atoms with E-state index in [2.05, 4.69) is 31.7 Å². The van der Waals surface area contributed by atoms with Gasteiger partial charge in [0.15, 0.2) is 0 Å². The number of esters is 1. The Kier molecular flexibility index (Phi) is 9.42. The lowest BCUT2D eigenvalue weighted by Gasteiger charge is -2.09. The van der Waals surface area contributed by atoms with E-state index in [1.165, 1.54) is 0 Å². The Bertz CT molecular complexity index is 992. The largest absolute Gasteiger partial charge is 0.465 e. The first kappa shape index (κ1) is 24.1. The molecule has 1 aliphatic rings. The van der Waals surface area contributed by atoms with Crippen LogP contribution in [0.3, 0.4) is 0 Å². The number of hydrogen-bond acceptors (Lipinski definition) is 6. The van der Waals surface area contributed by atoms with Gasteiger partial charge in [0.25, 0.3) is 5.91 Å². The first-order valence-corrected chi connectivity index (χ1v) is 9.86. The van der Waals surface area contributed by atoms with E-state index in [1.807, 2.05) is 18.2 Å². The number of carbonyl (C=O) groups is 5. The van der Waals surface area contributed by atoms with E-state index in [1.54, 1.807) is 31.2 Å². The van der Waals surface area contributed by atoms with Crippen molar-refractivity contribution in [3.63, 3.8) is 0 Å². The van der Waals surface area contributed by atoms with Crippen molar-refractivity contribution in [1.29, 1.82) is 0 Å². The molecular formula is C22H24N4O6. The Balaban J connectivity index is 1.66. The van der Waals surface area contributed by atoms with Crippen molar-refractivity contribution in [2.75, 3.05) is 32.8 Å². The fraction of sp³-hybridized carbons (Fsp3) is 0.273. The molecule has 1 aromatic rings. The Morgan fingerprint density at radius 1 is 0.875 bits per heavy atom. The summed E-state index contributed by atoms with van der Waals surface area (Å²) in [5, 5.41) is 9.40. The minimum Gasteiger partial charge on any atom is -0.465 e. The lowest BCUT2D eigenvalue weighted by Crippen LogP contribution is -2.45. The van der Waals surface area contributed by atoms with Crippen molar-refractivity contribution in [1.82, 2.24) is 21.3 Å². The highest BCUT2D eigenvalue weighted by Crippen LogP contribution is 2.18. The Hall–Kier alpha value is -4.17. The lowest BCUT2D eigenvalue weighted by atomic mass is 10.0. The Labute approximate surface area is 184 Å². The van der Waals surface area contributed by atoms with Crippen LogP contribution in [0, 0.1) is 0 Å². The molecule has 0 bridgehead atoms. The van der Waals surface area contributed by atoms with E-state index in [4.69, 9.17) is 0 Å². The molecule has 0 atom stereocenters. The summed E-state index contributed by atoms with van der Waals surface area (Å²) in [5.74, 6) is -2.77. The minimum atomic E-state index is -0.602. The number of nitrogens with one attached hydrogen (secondary N) is 4. The van der Waals surface area contributed by atoms with Crippen LogP contribution in [-0.4, -0.2) is 62.4 Å². The fourth-order valence-corrected chi connectivity index (χ4v) is 2.53. The summed E-state index contributed by atoms with van der Waals surface area (Å²) < 4.78 is 4.65. The molecule has 2 rings (SSSR count). The fourth-order valence-electron chi connectivity index (χ4n) is 2.53. The molecule has 0 radical (unpaired) electrons. The number of carbonyl (C=O) groups excluding carboxylic acids is 5. The standard InChI is InChI=1S/C22H24N4O6/c1-2-32-21(30)14-25-19(28)12-23-18(27)11-24-20(29)13-26-22(31)17-9-5-8-16(10-17)15-6-3-4-7-15/h3-6,8-10H,2,11-14H2,1H3,(H,23,27)(H,24,29)(H,25,28)(H,26,31). The highest BCUT2D eigenvalue weighted by molar-refractivity contribution is 5.98. The molecule has 0 saturated carbocycles. The van der Waals surface area contributed by atoms with Gasteiger partial charge < -0.3 is 26.0 Å². The molecule has 0 fully saturated rings. The zero-order valence-electron chi connectivity index (χ0n) is 17.5. The van der Waals surface area contributed by atoms with Crippen molar-refractivity contribution in [3.05, 3.63) is 59.4 Å². The van der Waals surface area contributed by atoms with Crippen molar-refractivity contribution in [3.8, 4) is 0 Å². The third kappa shape index (κ3) is 8.29. The van der Waals surface area contributed by atoms with Crippen LogP contribution in [0.15, 0.2) is 48.2 Å². The number of hydrogen-bond donors (Lipinski definition) is 4. The first-order chi connectivity index (χ1) is 15.4. The molecule has 0 aliphatic heterocycles. The van der Waals surface area contributed by atoms with Crippen LogP contribution >= 0.6 is 0 Å². The number of benzene rings is 1. The highest BCUT2D eigenvalue weighted by Gasteiger charge is 2.12. The van der Waals surface area contributed by atoms with Crippen LogP contribution < -0.4 is 21.3 Å². The van der Waals surface area contributed by atoms with Crippen LogP contribution in [0.2, 0.25) is 0 Å². The summed E-state index contributed by atoms with van der Waals surface area (Å²) in [6.07, 6.45) is 5.50. The summed E-state index contributed by atoms with van der Waals surface area (Å²) in [5.41, 5.74) is 5.13. The van der Waals surface area contributed by atoms with E-state index in [-0.39, 0.29) is 32.8 Å². The maximum absolute atomic E-state index is 12.3. The summed E-state index contributed by atoms with van der Waals surface area (Å²) in [7, 11) is 0. The van der Waals surface area contributed by atoms with E-state index >= 15 is 0 Å². The number of amides is 4. The van der Waals surface area contributed by atoms with Crippen molar-refractivity contribution >= 4 is 35.2 Å². The second kappa shape index (κ2) is 12.5. The van der Waals surface area contributed by atoms with Gasteiger partial charge in [-0.15, -0.1) is 5.73 Å². The van der Waals surface area contributed by atoms with E-state index in [0.29, 0.717) is 5.56 Å². The molecule has 0 saturated heterocycles. The molecule has 1 aromatic carbocycles. The predicted octanol–water partition coefficient (Wildman–Crippen LogP) is -0.564. The van der Waals surface area contributed by atoms with Gasteiger partial charge >= 0.3 is 5.97 Å². The monoisotopic (exact) mass is 440 g/mol. The molecule has 32 heavy (non-hydrogen) atoms. The second-order valence-corrected chi connectivity index (χ2v) is 6.48. The van der Waals surface area contributed by atoms with Gasteiger partial charge in [-0.2, -0.15) is 0 Å². The summed E-state index contributed by atoms with van der Waals surface area (Å²) in [4.78, 5) is 58.5. The average molecular weight is 440 g/mol. The molecule has 10 heteroatoms. The van der Waals surface area contributed by atoms with Crippen LogP contribution in [0.5, 0.6) is 0 Å². The first-order valence-electron chi connectivity index (χ1n) is 9.86. The quantitative estimate of drug-likeness (QED) is 0.268. The van der Waals surface area contributed by atoms with Crippen molar-refractivity contribution < 1.29 is 28.7 Å². The van der Waals surface area contributed by atoms with Gasteiger partial charge in [-0.3, -0.25) is 24.0 Å². The molecule has 4 N–H and O–H groups in total. The van der Waals surface area contributed by atoms with Gasteiger partial charge in [-0.05, 0) is 36.8 Å². The molecule has 10 nitrogen and oxygen atoms in total. The summed E-state index contributed by atoms with van der Waals surface area (Å²) in [6, 6.07) is 6.91. The maximum Gasteiger partial charge on any atom is 0.325 e. The van der Waals surface area contributed by atoms with Crippen LogP contribution in [0.25, 0.3) is 5.57 Å². The lowest BCUT2D eigenvalue weighted by molar-refractivity contribution is -0.143. The molecular weight excluding hydrogens is 416 g/mol. The molecule has 168 valence electrons. The zero-order valence-corrected chi connectivity index (χ0v) is 17.5. The highest BCUT2D eigenvalue weighted by atomic mass is 16.5. The van der Waals surface area contributed by atoms with E-state index < -0.39 is 29.6 Å². The smallest absolute Gasteiger partial charge is 0.325 e. The van der Waals surface area contributed by atoms with Gasteiger partial charge in [0.2, 0.25) is 17.7 Å². The average Bonchev–Trinajstić information content (AvgIpc) is 3.34. The normalized spacial score (nSPS) is 11.3. The third-order valence-corrected chi connectivity index (χ3v) is 4.07. The van der Waals surface area contributed by atoms with Crippen LogP contribution in [0.1, 0.15) is 22.8 Å². The molecule has 0 aromatic heterocycles. The van der Waals surface area contributed by atoms with Crippen LogP contribution in [-0.2, 0) is 23.9 Å². The third-order valence-electron chi connectivity index (χ3n) is 4.07. The van der Waals surface area contributed by atoms with Gasteiger partial charge in [-0.25, -0.2) is 0 Å². The maximum atomic E-state index is 12.3. The minimum absolute atomic E-state index is 0.200. The molecule has 4 amide bonds. The summed E-state index contributed by atoms with van der Waals surface area (Å²) in [6.45, 7) is 0.489. The number of allylic oxidation sites excluding steroid dienone is 3. The predicted molar refractivity (Wildman–Crippen MR) is 115 cm³/mol. The second-order valence-electron chi connectivity index (χ2n) is 6.48. The summed E-state index contributed by atoms with van der Waals surface area (Å²) >= 11 is 0. The Morgan fingerprint density at radius 2 is 1.50 bits per heavy atom. The number of ether oxygens (including phenoxy) is 1. The van der Waals surface area contributed by atoms with E-state index in [9.17, 15) is 24.0 Å². The van der Waals surface area contributed by atoms with Crippen molar-refractivity contribution in [2.24, 2.45) is 0 Å². The Morgan fingerprint density at radius 3 is 2.09 bits per heavy atom. The van der Waals surface area contributed by atoms with Gasteiger partial charge in [0.05, 0.1) is 26.2 Å². The van der Waals surface area contributed by atoms with Gasteiger partial charge in [0.1, 0.15) is 6.54 Å². The molecule has 1 aliphatic carbocycles. The molecule has 0 spiro atoms. The molecule has 0 unspecified atom stereocenters. The zero-order chi connectivity index (χ0) is 23.3. The van der Waals surface area contributed by atoms with E-state index in [0.717, 1.165) is 11.1 Å². The topological polar surface area (TPSA) is 143 Å². The van der Waals surface area contributed by atoms with Gasteiger partial charge in [0, 0.05) is 11.1 Å².